The zero-order chi connectivity index (χ0) is 9.68. The first-order valence-electron chi connectivity index (χ1n) is 4.17. The third kappa shape index (κ3) is 2.59. The lowest BCUT2D eigenvalue weighted by atomic mass is 10.3. The van der Waals surface area contributed by atoms with E-state index in [2.05, 4.69) is 5.32 Å². The van der Waals surface area contributed by atoms with Gasteiger partial charge in [0.1, 0.15) is 12.0 Å². The maximum absolute atomic E-state index is 11.2. The molecule has 1 N–H and O–H groups in total. The van der Waals surface area contributed by atoms with Crippen LogP contribution < -0.4 is 5.32 Å². The smallest absolute Gasteiger partial charge is 0.341 e. The largest absolute Gasteiger partial charge is 0.467 e. The Morgan fingerprint density at radius 3 is 3.08 bits per heavy atom. The van der Waals surface area contributed by atoms with Gasteiger partial charge in [0.05, 0.1) is 18.7 Å². The molecular formula is C9H13NO3. The fourth-order valence-corrected chi connectivity index (χ4v) is 0.969. The van der Waals surface area contributed by atoms with Crippen LogP contribution in [0.2, 0.25) is 0 Å². The summed E-state index contributed by atoms with van der Waals surface area (Å²) in [4.78, 5) is 11.2. The van der Waals surface area contributed by atoms with Crippen molar-refractivity contribution in [2.24, 2.45) is 0 Å². The monoisotopic (exact) mass is 183 g/mol. The Morgan fingerprint density at radius 2 is 2.46 bits per heavy atom. The number of ether oxygens (including phenoxy) is 1. The van der Waals surface area contributed by atoms with Crippen molar-refractivity contribution in [1.29, 1.82) is 0 Å². The molecule has 0 fully saturated rings. The van der Waals surface area contributed by atoms with Crippen LogP contribution in [0.4, 0.5) is 0 Å². The molecule has 0 radical (unpaired) electrons. The third-order valence-corrected chi connectivity index (χ3v) is 1.52. The summed E-state index contributed by atoms with van der Waals surface area (Å²) in [6.45, 7) is 2.76. The standard InChI is InChI=1S/C9H13NO3/c1-3-12-9(11)7-4-8(5-10-2)13-6-7/h4,6,10H,3,5H2,1-2H3. The van der Waals surface area contributed by atoms with Gasteiger partial charge in [-0.1, -0.05) is 0 Å². The summed E-state index contributed by atoms with van der Waals surface area (Å²) in [5.41, 5.74) is 0.465. The molecule has 0 aromatic carbocycles. The average Bonchev–Trinajstić information content (AvgIpc) is 2.54. The van der Waals surface area contributed by atoms with E-state index in [0.29, 0.717) is 18.7 Å². The Bertz CT molecular complexity index is 280. The Kier molecular flexibility index (Phi) is 3.52. The predicted octanol–water partition coefficient (Wildman–Crippen LogP) is 1.18. The Morgan fingerprint density at radius 1 is 1.69 bits per heavy atom. The average molecular weight is 183 g/mol. The topological polar surface area (TPSA) is 51.5 Å². The zero-order valence-corrected chi connectivity index (χ0v) is 7.79. The third-order valence-electron chi connectivity index (χ3n) is 1.52. The number of rotatable bonds is 4. The SMILES string of the molecule is CCOC(=O)c1coc(CNC)c1. The van der Waals surface area contributed by atoms with Crippen LogP contribution in [0, 0.1) is 0 Å². The van der Waals surface area contributed by atoms with Gasteiger partial charge in [-0.25, -0.2) is 4.79 Å². The van der Waals surface area contributed by atoms with Gasteiger partial charge in [0.15, 0.2) is 0 Å². The Balaban J connectivity index is 2.62. The molecule has 4 heteroatoms. The molecule has 0 aliphatic carbocycles. The molecule has 0 saturated carbocycles. The summed E-state index contributed by atoms with van der Waals surface area (Å²) in [5, 5.41) is 2.92. The summed E-state index contributed by atoms with van der Waals surface area (Å²) in [6.07, 6.45) is 1.41. The van der Waals surface area contributed by atoms with Crippen molar-refractivity contribution in [1.82, 2.24) is 5.32 Å². The van der Waals surface area contributed by atoms with Crippen LogP contribution in [0.3, 0.4) is 0 Å². The van der Waals surface area contributed by atoms with Crippen LogP contribution in [0.5, 0.6) is 0 Å². The second-order valence-electron chi connectivity index (χ2n) is 2.55. The van der Waals surface area contributed by atoms with Crippen molar-refractivity contribution in [3.63, 3.8) is 0 Å². The number of furan rings is 1. The first kappa shape index (κ1) is 9.80. The van der Waals surface area contributed by atoms with Crippen molar-refractivity contribution >= 4 is 5.97 Å². The zero-order valence-electron chi connectivity index (χ0n) is 7.79. The van der Waals surface area contributed by atoms with Gasteiger partial charge in [0, 0.05) is 0 Å². The lowest BCUT2D eigenvalue weighted by Crippen LogP contribution is -2.05. The highest BCUT2D eigenvalue weighted by Crippen LogP contribution is 2.08. The van der Waals surface area contributed by atoms with Gasteiger partial charge in [0.2, 0.25) is 0 Å². The van der Waals surface area contributed by atoms with Crippen LogP contribution in [-0.2, 0) is 11.3 Å². The molecule has 0 unspecified atom stereocenters. The van der Waals surface area contributed by atoms with E-state index in [-0.39, 0.29) is 5.97 Å². The van der Waals surface area contributed by atoms with Gasteiger partial charge in [-0.15, -0.1) is 0 Å². The highest BCUT2D eigenvalue weighted by molar-refractivity contribution is 5.89. The molecule has 1 aromatic heterocycles. The number of esters is 1. The molecule has 0 bridgehead atoms. The number of carbonyl (C=O) groups is 1. The van der Waals surface area contributed by atoms with Crippen molar-refractivity contribution in [3.05, 3.63) is 23.7 Å². The van der Waals surface area contributed by atoms with E-state index in [1.807, 2.05) is 7.05 Å². The van der Waals surface area contributed by atoms with Crippen LogP contribution in [0.25, 0.3) is 0 Å². The minimum Gasteiger partial charge on any atom is -0.467 e. The number of carbonyl (C=O) groups excluding carboxylic acids is 1. The second kappa shape index (κ2) is 4.67. The Labute approximate surface area is 76.9 Å². The van der Waals surface area contributed by atoms with E-state index in [0.717, 1.165) is 5.76 Å². The molecule has 13 heavy (non-hydrogen) atoms. The van der Waals surface area contributed by atoms with E-state index in [9.17, 15) is 4.79 Å². The van der Waals surface area contributed by atoms with Gasteiger partial charge >= 0.3 is 5.97 Å². The van der Waals surface area contributed by atoms with E-state index in [1.165, 1.54) is 6.26 Å². The maximum Gasteiger partial charge on any atom is 0.341 e. The molecular weight excluding hydrogens is 170 g/mol. The number of hydrogen-bond acceptors (Lipinski definition) is 4. The van der Waals surface area contributed by atoms with Crippen molar-refractivity contribution in [2.75, 3.05) is 13.7 Å². The van der Waals surface area contributed by atoms with Crippen LogP contribution in [-0.4, -0.2) is 19.6 Å². The van der Waals surface area contributed by atoms with Gasteiger partial charge < -0.3 is 14.5 Å². The molecule has 0 aliphatic heterocycles. The van der Waals surface area contributed by atoms with Gasteiger partial charge in [0.25, 0.3) is 0 Å². The Hall–Kier alpha value is -1.29. The van der Waals surface area contributed by atoms with Gasteiger partial charge in [-0.05, 0) is 20.0 Å². The van der Waals surface area contributed by atoms with Gasteiger partial charge in [-0.3, -0.25) is 0 Å². The predicted molar refractivity (Wildman–Crippen MR) is 47.4 cm³/mol. The highest BCUT2D eigenvalue weighted by atomic mass is 16.5. The fourth-order valence-electron chi connectivity index (χ4n) is 0.969. The normalized spacial score (nSPS) is 10.0. The summed E-state index contributed by atoms with van der Waals surface area (Å²) in [5.74, 6) is 0.388. The lowest BCUT2D eigenvalue weighted by molar-refractivity contribution is 0.0525. The molecule has 0 spiro atoms. The van der Waals surface area contributed by atoms with E-state index < -0.39 is 0 Å². The van der Waals surface area contributed by atoms with Crippen LogP contribution in [0.1, 0.15) is 23.0 Å². The molecule has 72 valence electrons. The summed E-state index contributed by atoms with van der Waals surface area (Å²) >= 11 is 0. The number of nitrogens with one attached hydrogen (secondary N) is 1. The van der Waals surface area contributed by atoms with Crippen molar-refractivity contribution in [2.45, 2.75) is 13.5 Å². The molecule has 1 rings (SSSR count). The molecule has 1 aromatic rings. The molecule has 0 amide bonds. The summed E-state index contributed by atoms with van der Waals surface area (Å²) < 4.78 is 9.91. The first-order valence-corrected chi connectivity index (χ1v) is 4.17. The van der Waals surface area contributed by atoms with Gasteiger partial charge in [-0.2, -0.15) is 0 Å². The maximum atomic E-state index is 11.2. The molecule has 0 aliphatic rings. The van der Waals surface area contributed by atoms with Crippen molar-refractivity contribution < 1.29 is 13.9 Å². The van der Waals surface area contributed by atoms with Crippen LogP contribution in [0.15, 0.2) is 16.7 Å². The minimum absolute atomic E-state index is 0.339. The lowest BCUT2D eigenvalue weighted by Gasteiger charge is -1.95. The van der Waals surface area contributed by atoms with Crippen LogP contribution >= 0.6 is 0 Å². The molecule has 0 atom stereocenters. The second-order valence-corrected chi connectivity index (χ2v) is 2.55. The molecule has 4 nitrogen and oxygen atoms in total. The quantitative estimate of drug-likeness (QED) is 0.712. The molecule has 1 heterocycles. The molecule has 0 saturated heterocycles. The van der Waals surface area contributed by atoms with E-state index >= 15 is 0 Å². The number of hydrogen-bond donors (Lipinski definition) is 1. The highest BCUT2D eigenvalue weighted by Gasteiger charge is 2.09. The summed E-state index contributed by atoms with van der Waals surface area (Å²) in [7, 11) is 1.81. The fraction of sp³-hybridized carbons (Fsp3) is 0.444. The first-order chi connectivity index (χ1) is 6.27. The van der Waals surface area contributed by atoms with E-state index in [4.69, 9.17) is 9.15 Å². The van der Waals surface area contributed by atoms with E-state index in [1.54, 1.807) is 13.0 Å². The summed E-state index contributed by atoms with van der Waals surface area (Å²) in [6, 6.07) is 1.68. The van der Waals surface area contributed by atoms with Crippen molar-refractivity contribution in [3.8, 4) is 0 Å². The minimum atomic E-state index is -0.339.